The van der Waals surface area contributed by atoms with Crippen LogP contribution in [0, 0.1) is 0 Å². The summed E-state index contributed by atoms with van der Waals surface area (Å²) in [7, 11) is 0. The summed E-state index contributed by atoms with van der Waals surface area (Å²) in [5.74, 6) is -0.563. The van der Waals surface area contributed by atoms with E-state index in [1.54, 1.807) is 30.3 Å². The molecule has 0 fully saturated rings. The Morgan fingerprint density at radius 2 is 1.80 bits per heavy atom. The molecule has 0 heterocycles. The van der Waals surface area contributed by atoms with Crippen LogP contribution in [0.25, 0.3) is 0 Å². The lowest BCUT2D eigenvalue weighted by atomic mass is 10.1. The number of nitrogens with one attached hydrogen (secondary N) is 1. The molecular formula is C13H10BrCl2N3O. The molecule has 0 spiro atoms. The minimum atomic E-state index is -0.563. The van der Waals surface area contributed by atoms with Gasteiger partial charge in [0.05, 0.1) is 27.0 Å². The number of carbonyl (C=O) groups is 1. The normalized spacial score (nSPS) is 10.3. The standard InChI is InChI=1S/C13H10BrCl2N3O/c14-8-3-4-9(12(16)11(8)15)19-10-5-6(17)1-2-7(10)13(18)20/h1-5,19H,17H2,(H2,18,20). The fraction of sp³-hybridized carbons (Fsp3) is 0. The van der Waals surface area contributed by atoms with E-state index in [1.165, 1.54) is 0 Å². The van der Waals surface area contributed by atoms with Crippen LogP contribution in [0.2, 0.25) is 10.0 Å². The number of hydrogen-bond donors (Lipinski definition) is 3. The molecule has 0 radical (unpaired) electrons. The van der Waals surface area contributed by atoms with Gasteiger partial charge in [-0.1, -0.05) is 23.2 Å². The molecule has 5 N–H and O–H groups in total. The van der Waals surface area contributed by atoms with Gasteiger partial charge in [0.2, 0.25) is 0 Å². The van der Waals surface area contributed by atoms with E-state index >= 15 is 0 Å². The van der Waals surface area contributed by atoms with E-state index in [0.717, 1.165) is 0 Å². The second-order valence-electron chi connectivity index (χ2n) is 4.02. The molecule has 0 aliphatic heterocycles. The molecule has 0 aromatic heterocycles. The van der Waals surface area contributed by atoms with Crippen LogP contribution >= 0.6 is 39.1 Å². The highest BCUT2D eigenvalue weighted by atomic mass is 79.9. The van der Waals surface area contributed by atoms with Crippen molar-refractivity contribution in [2.45, 2.75) is 0 Å². The van der Waals surface area contributed by atoms with Gasteiger partial charge in [-0.25, -0.2) is 0 Å². The Bertz CT molecular complexity index is 692. The smallest absolute Gasteiger partial charge is 0.250 e. The van der Waals surface area contributed by atoms with E-state index in [4.69, 9.17) is 34.7 Å². The van der Waals surface area contributed by atoms with Gasteiger partial charge in [0.1, 0.15) is 0 Å². The van der Waals surface area contributed by atoms with Crippen molar-refractivity contribution < 1.29 is 4.79 Å². The van der Waals surface area contributed by atoms with E-state index in [1.807, 2.05) is 0 Å². The lowest BCUT2D eigenvalue weighted by molar-refractivity contribution is 0.100. The molecule has 7 heteroatoms. The molecule has 2 aromatic rings. The molecule has 0 aliphatic rings. The van der Waals surface area contributed by atoms with E-state index in [9.17, 15) is 4.79 Å². The zero-order valence-electron chi connectivity index (χ0n) is 10.1. The first-order chi connectivity index (χ1) is 9.40. The van der Waals surface area contributed by atoms with Crippen molar-refractivity contribution in [1.82, 2.24) is 0 Å². The highest BCUT2D eigenvalue weighted by Gasteiger charge is 2.13. The van der Waals surface area contributed by atoms with Crippen LogP contribution < -0.4 is 16.8 Å². The first kappa shape index (κ1) is 15.0. The molecule has 0 saturated carbocycles. The van der Waals surface area contributed by atoms with Crippen molar-refractivity contribution >= 4 is 62.1 Å². The fourth-order valence-electron chi connectivity index (χ4n) is 1.65. The number of halogens is 3. The third kappa shape index (κ3) is 3.00. The Morgan fingerprint density at radius 1 is 1.10 bits per heavy atom. The largest absolute Gasteiger partial charge is 0.399 e. The number of anilines is 3. The molecule has 4 nitrogen and oxygen atoms in total. The van der Waals surface area contributed by atoms with Gasteiger partial charge in [0, 0.05) is 10.2 Å². The first-order valence-electron chi connectivity index (χ1n) is 5.50. The lowest BCUT2D eigenvalue weighted by Crippen LogP contribution is -2.13. The predicted octanol–water partition coefficient (Wildman–Crippen LogP) is 4.18. The number of amides is 1. The summed E-state index contributed by atoms with van der Waals surface area (Å²) >= 11 is 15.5. The number of hydrogen-bond acceptors (Lipinski definition) is 3. The maximum atomic E-state index is 11.4. The van der Waals surface area contributed by atoms with Crippen LogP contribution in [0.4, 0.5) is 17.1 Å². The van der Waals surface area contributed by atoms with E-state index < -0.39 is 5.91 Å². The molecule has 2 aromatic carbocycles. The molecule has 1 amide bonds. The topological polar surface area (TPSA) is 81.1 Å². The molecule has 20 heavy (non-hydrogen) atoms. The van der Waals surface area contributed by atoms with Crippen LogP contribution in [0.3, 0.4) is 0 Å². The van der Waals surface area contributed by atoms with Crippen molar-refractivity contribution in [2.24, 2.45) is 5.73 Å². The van der Waals surface area contributed by atoms with Gasteiger partial charge < -0.3 is 16.8 Å². The van der Waals surface area contributed by atoms with Gasteiger partial charge in [-0.2, -0.15) is 0 Å². The van der Waals surface area contributed by atoms with Crippen molar-refractivity contribution in [1.29, 1.82) is 0 Å². The summed E-state index contributed by atoms with van der Waals surface area (Å²) < 4.78 is 0.678. The van der Waals surface area contributed by atoms with Gasteiger partial charge in [-0.05, 0) is 46.3 Å². The first-order valence-corrected chi connectivity index (χ1v) is 7.05. The number of nitrogens with two attached hydrogens (primary N) is 2. The van der Waals surface area contributed by atoms with E-state index in [2.05, 4.69) is 21.2 Å². The molecule has 0 unspecified atom stereocenters. The van der Waals surface area contributed by atoms with Crippen molar-refractivity contribution in [3.8, 4) is 0 Å². The number of rotatable bonds is 3. The summed E-state index contributed by atoms with van der Waals surface area (Å²) in [6.07, 6.45) is 0. The Balaban J connectivity index is 2.47. The van der Waals surface area contributed by atoms with Gasteiger partial charge >= 0.3 is 0 Å². The summed E-state index contributed by atoms with van der Waals surface area (Å²) in [6.45, 7) is 0. The Labute approximate surface area is 134 Å². The second-order valence-corrected chi connectivity index (χ2v) is 5.63. The molecule has 0 atom stereocenters. The molecule has 104 valence electrons. The number of nitrogen functional groups attached to an aromatic ring is 1. The summed E-state index contributed by atoms with van der Waals surface area (Å²) in [5, 5.41) is 3.72. The second kappa shape index (κ2) is 5.91. The fourth-order valence-corrected chi connectivity index (χ4v) is 2.47. The average Bonchev–Trinajstić information content (AvgIpc) is 2.39. The van der Waals surface area contributed by atoms with Gasteiger partial charge in [0.15, 0.2) is 0 Å². The molecule has 0 bridgehead atoms. The van der Waals surface area contributed by atoms with Crippen molar-refractivity contribution in [2.75, 3.05) is 11.1 Å². The van der Waals surface area contributed by atoms with Gasteiger partial charge in [-0.15, -0.1) is 0 Å². The van der Waals surface area contributed by atoms with Crippen LogP contribution in [-0.2, 0) is 0 Å². The maximum absolute atomic E-state index is 11.4. The van der Waals surface area contributed by atoms with Gasteiger partial charge in [0.25, 0.3) is 5.91 Å². The zero-order chi connectivity index (χ0) is 14.9. The monoisotopic (exact) mass is 373 g/mol. The minimum Gasteiger partial charge on any atom is -0.399 e. The highest BCUT2D eigenvalue weighted by molar-refractivity contribution is 9.10. The number of primary amides is 1. The van der Waals surface area contributed by atoms with Crippen LogP contribution in [-0.4, -0.2) is 5.91 Å². The van der Waals surface area contributed by atoms with Crippen molar-refractivity contribution in [3.63, 3.8) is 0 Å². The van der Waals surface area contributed by atoms with Crippen LogP contribution in [0.5, 0.6) is 0 Å². The molecule has 0 saturated heterocycles. The molecule has 2 rings (SSSR count). The Hall–Kier alpha value is -1.43. The van der Waals surface area contributed by atoms with E-state index in [-0.39, 0.29) is 0 Å². The summed E-state index contributed by atoms with van der Waals surface area (Å²) in [6, 6.07) is 8.22. The average molecular weight is 375 g/mol. The van der Waals surface area contributed by atoms with E-state index in [0.29, 0.717) is 37.1 Å². The zero-order valence-corrected chi connectivity index (χ0v) is 13.2. The SMILES string of the molecule is NC(=O)c1ccc(N)cc1Nc1ccc(Br)c(Cl)c1Cl. The summed E-state index contributed by atoms with van der Waals surface area (Å²) in [5.41, 5.74) is 12.9. The maximum Gasteiger partial charge on any atom is 0.250 e. The summed E-state index contributed by atoms with van der Waals surface area (Å²) in [4.78, 5) is 11.4. The Kier molecular flexibility index (Phi) is 4.42. The lowest BCUT2D eigenvalue weighted by Gasteiger charge is -2.13. The van der Waals surface area contributed by atoms with Crippen LogP contribution in [0.15, 0.2) is 34.8 Å². The van der Waals surface area contributed by atoms with Crippen molar-refractivity contribution in [3.05, 3.63) is 50.4 Å². The highest BCUT2D eigenvalue weighted by Crippen LogP contribution is 2.37. The quantitative estimate of drug-likeness (QED) is 0.556. The minimum absolute atomic E-state index is 0.314. The third-order valence-corrected chi connectivity index (χ3v) is 4.38. The molecule has 0 aliphatic carbocycles. The molecular weight excluding hydrogens is 365 g/mol. The number of benzene rings is 2. The van der Waals surface area contributed by atoms with Crippen LogP contribution in [0.1, 0.15) is 10.4 Å². The Morgan fingerprint density at radius 3 is 2.45 bits per heavy atom. The van der Waals surface area contributed by atoms with Gasteiger partial charge in [-0.3, -0.25) is 4.79 Å². The number of carbonyl (C=O) groups excluding carboxylic acids is 1. The predicted molar refractivity (Wildman–Crippen MR) is 86.8 cm³/mol. The third-order valence-electron chi connectivity index (χ3n) is 2.61.